The second-order valence-corrected chi connectivity index (χ2v) is 3.34. The van der Waals surface area contributed by atoms with Gasteiger partial charge in [0.2, 0.25) is 0 Å². The Labute approximate surface area is 63.8 Å². The fourth-order valence-electron chi connectivity index (χ4n) is 0.685. The molecule has 0 aromatic heterocycles. The quantitative estimate of drug-likeness (QED) is 0.594. The number of thiol groups is 1. The molecule has 0 aromatic rings. The summed E-state index contributed by atoms with van der Waals surface area (Å²) < 4.78 is 0. The number of hydrogen-bond acceptors (Lipinski definition) is 2. The zero-order valence-corrected chi connectivity index (χ0v) is 7.65. The van der Waals surface area contributed by atoms with E-state index in [0.29, 0.717) is 11.3 Å². The molecule has 0 radical (unpaired) electrons. The molecule has 0 heterocycles. The van der Waals surface area contributed by atoms with Gasteiger partial charge in [-0.2, -0.15) is 12.6 Å². The van der Waals surface area contributed by atoms with E-state index < -0.39 is 0 Å². The lowest BCUT2D eigenvalue weighted by atomic mass is 10.2. The predicted octanol–water partition coefficient (Wildman–Crippen LogP) is 1.64. The minimum absolute atomic E-state index is 0.514. The van der Waals surface area contributed by atoms with E-state index in [9.17, 15) is 0 Å². The summed E-state index contributed by atoms with van der Waals surface area (Å²) in [6.45, 7) is 4.36. The van der Waals surface area contributed by atoms with Gasteiger partial charge in [-0.15, -0.1) is 0 Å². The Hall–Kier alpha value is 0.310. The molecule has 2 atom stereocenters. The first-order valence-electron chi connectivity index (χ1n) is 3.44. The Morgan fingerprint density at radius 2 is 1.89 bits per heavy atom. The molecule has 56 valence electrons. The van der Waals surface area contributed by atoms with Gasteiger partial charge in [0.1, 0.15) is 0 Å². The SMILES string of the molecule is CCC(S)C(C)N(C)C. The van der Waals surface area contributed by atoms with Gasteiger partial charge in [0.25, 0.3) is 0 Å². The summed E-state index contributed by atoms with van der Waals surface area (Å²) in [6, 6.07) is 0.582. The van der Waals surface area contributed by atoms with Crippen molar-refractivity contribution in [2.24, 2.45) is 0 Å². The smallest absolute Gasteiger partial charge is 0.0177 e. The van der Waals surface area contributed by atoms with Crippen LogP contribution < -0.4 is 0 Å². The van der Waals surface area contributed by atoms with Crippen LogP contribution in [-0.2, 0) is 0 Å². The average molecular weight is 147 g/mol. The molecule has 2 heteroatoms. The van der Waals surface area contributed by atoms with Crippen molar-refractivity contribution in [2.45, 2.75) is 31.6 Å². The lowest BCUT2D eigenvalue weighted by molar-refractivity contribution is 0.304. The van der Waals surface area contributed by atoms with Gasteiger partial charge >= 0.3 is 0 Å². The molecule has 0 fully saturated rings. The van der Waals surface area contributed by atoms with E-state index in [2.05, 4.69) is 45.5 Å². The Morgan fingerprint density at radius 3 is 2.00 bits per heavy atom. The van der Waals surface area contributed by atoms with Crippen LogP contribution in [0.15, 0.2) is 0 Å². The van der Waals surface area contributed by atoms with Gasteiger partial charge in [0.05, 0.1) is 0 Å². The van der Waals surface area contributed by atoms with Crippen LogP contribution in [0.5, 0.6) is 0 Å². The van der Waals surface area contributed by atoms with Crippen LogP contribution in [-0.4, -0.2) is 30.3 Å². The zero-order valence-electron chi connectivity index (χ0n) is 6.76. The fourth-order valence-corrected chi connectivity index (χ4v) is 0.952. The van der Waals surface area contributed by atoms with Gasteiger partial charge in [-0.1, -0.05) is 6.92 Å². The van der Waals surface area contributed by atoms with Gasteiger partial charge in [-0.25, -0.2) is 0 Å². The molecule has 1 nitrogen and oxygen atoms in total. The number of rotatable bonds is 3. The molecule has 0 saturated heterocycles. The maximum absolute atomic E-state index is 4.42. The second-order valence-electron chi connectivity index (χ2n) is 2.68. The van der Waals surface area contributed by atoms with Crippen molar-refractivity contribution in [1.82, 2.24) is 4.90 Å². The monoisotopic (exact) mass is 147 g/mol. The summed E-state index contributed by atoms with van der Waals surface area (Å²) in [4.78, 5) is 2.20. The highest BCUT2D eigenvalue weighted by Gasteiger charge is 2.11. The third kappa shape index (κ3) is 3.11. The van der Waals surface area contributed by atoms with Gasteiger partial charge in [-0.3, -0.25) is 0 Å². The molecule has 0 N–H and O–H groups in total. The Balaban J connectivity index is 3.58. The topological polar surface area (TPSA) is 3.24 Å². The van der Waals surface area contributed by atoms with Crippen LogP contribution in [0, 0.1) is 0 Å². The standard InChI is InChI=1S/C7H17NS/c1-5-7(9)6(2)8(3)4/h6-7,9H,5H2,1-4H3. The van der Waals surface area contributed by atoms with E-state index in [0.717, 1.165) is 6.42 Å². The van der Waals surface area contributed by atoms with Crippen LogP contribution in [0.4, 0.5) is 0 Å². The van der Waals surface area contributed by atoms with Gasteiger partial charge in [-0.05, 0) is 27.4 Å². The van der Waals surface area contributed by atoms with Crippen molar-refractivity contribution >= 4 is 12.6 Å². The van der Waals surface area contributed by atoms with E-state index in [1.807, 2.05) is 0 Å². The molecule has 0 aromatic carbocycles. The summed E-state index contributed by atoms with van der Waals surface area (Å²) in [5.41, 5.74) is 0. The number of hydrogen-bond donors (Lipinski definition) is 1. The van der Waals surface area contributed by atoms with Gasteiger partial charge in [0, 0.05) is 11.3 Å². The zero-order chi connectivity index (χ0) is 7.44. The predicted molar refractivity (Wildman–Crippen MR) is 46.2 cm³/mol. The van der Waals surface area contributed by atoms with Crippen LogP contribution in [0.25, 0.3) is 0 Å². The Morgan fingerprint density at radius 1 is 1.44 bits per heavy atom. The lowest BCUT2D eigenvalue weighted by Gasteiger charge is -2.24. The van der Waals surface area contributed by atoms with E-state index in [1.165, 1.54) is 0 Å². The Kier molecular flexibility index (Phi) is 4.32. The molecule has 0 aliphatic carbocycles. The van der Waals surface area contributed by atoms with Crippen molar-refractivity contribution in [2.75, 3.05) is 14.1 Å². The second kappa shape index (κ2) is 4.18. The molecule has 9 heavy (non-hydrogen) atoms. The van der Waals surface area contributed by atoms with Gasteiger partial charge < -0.3 is 4.90 Å². The highest BCUT2D eigenvalue weighted by Crippen LogP contribution is 2.09. The van der Waals surface area contributed by atoms with Crippen molar-refractivity contribution in [1.29, 1.82) is 0 Å². The Bertz CT molecular complexity index is 73.3. The molecule has 0 bridgehead atoms. The highest BCUT2D eigenvalue weighted by molar-refractivity contribution is 7.81. The summed E-state index contributed by atoms with van der Waals surface area (Å²) in [5.74, 6) is 0. The van der Waals surface area contributed by atoms with Crippen molar-refractivity contribution in [3.8, 4) is 0 Å². The molecule has 0 aliphatic rings. The third-order valence-electron chi connectivity index (χ3n) is 1.79. The largest absolute Gasteiger partial charge is 0.306 e. The first-order valence-corrected chi connectivity index (χ1v) is 3.95. The van der Waals surface area contributed by atoms with Crippen molar-refractivity contribution in [3.05, 3.63) is 0 Å². The summed E-state index contributed by atoms with van der Waals surface area (Å²) in [6.07, 6.45) is 1.14. The van der Waals surface area contributed by atoms with E-state index >= 15 is 0 Å². The normalized spacial score (nSPS) is 18.0. The molecular weight excluding hydrogens is 130 g/mol. The first-order chi connectivity index (χ1) is 4.09. The maximum Gasteiger partial charge on any atom is 0.0177 e. The molecular formula is C7H17NS. The maximum atomic E-state index is 4.42. The van der Waals surface area contributed by atoms with E-state index in [4.69, 9.17) is 0 Å². The van der Waals surface area contributed by atoms with E-state index in [1.54, 1.807) is 0 Å². The summed E-state index contributed by atoms with van der Waals surface area (Å²) in [5, 5.41) is 0.514. The minimum atomic E-state index is 0.514. The first kappa shape index (κ1) is 9.31. The third-order valence-corrected chi connectivity index (χ3v) is 2.59. The van der Waals surface area contributed by atoms with E-state index in [-0.39, 0.29) is 0 Å². The lowest BCUT2D eigenvalue weighted by Crippen LogP contribution is -2.32. The van der Waals surface area contributed by atoms with Crippen LogP contribution >= 0.6 is 12.6 Å². The molecule has 0 rings (SSSR count). The van der Waals surface area contributed by atoms with Crippen LogP contribution in [0.2, 0.25) is 0 Å². The van der Waals surface area contributed by atoms with Crippen LogP contribution in [0.3, 0.4) is 0 Å². The minimum Gasteiger partial charge on any atom is -0.306 e. The molecule has 0 spiro atoms. The molecule has 0 aliphatic heterocycles. The molecule has 0 amide bonds. The number of nitrogens with zero attached hydrogens (tertiary/aromatic N) is 1. The van der Waals surface area contributed by atoms with Crippen LogP contribution in [0.1, 0.15) is 20.3 Å². The fraction of sp³-hybridized carbons (Fsp3) is 1.00. The highest BCUT2D eigenvalue weighted by atomic mass is 32.1. The molecule has 0 saturated carbocycles. The average Bonchev–Trinajstić information content (AvgIpc) is 1.84. The van der Waals surface area contributed by atoms with Gasteiger partial charge in [0.15, 0.2) is 0 Å². The van der Waals surface area contributed by atoms with Crippen molar-refractivity contribution < 1.29 is 0 Å². The van der Waals surface area contributed by atoms with Crippen molar-refractivity contribution in [3.63, 3.8) is 0 Å². The summed E-state index contributed by atoms with van der Waals surface area (Å²) >= 11 is 4.42. The summed E-state index contributed by atoms with van der Waals surface area (Å²) in [7, 11) is 4.17. The molecule has 2 unspecified atom stereocenters.